The van der Waals surface area contributed by atoms with Crippen LogP contribution in [0.1, 0.15) is 56.5 Å². The Hall–Kier alpha value is -0.650. The zero-order chi connectivity index (χ0) is 14.0. The molecule has 0 saturated carbocycles. The van der Waals surface area contributed by atoms with Crippen LogP contribution in [0.4, 0.5) is 0 Å². The number of hydrogen-bond acceptors (Lipinski definition) is 4. The molecule has 0 aliphatic rings. The van der Waals surface area contributed by atoms with Crippen LogP contribution < -0.4 is 11.1 Å². The summed E-state index contributed by atoms with van der Waals surface area (Å²) in [6, 6.07) is 0. The van der Waals surface area contributed by atoms with E-state index in [1.807, 2.05) is 13.8 Å². The molecule has 1 heterocycles. The maximum atomic E-state index is 12.1. The first-order valence-corrected chi connectivity index (χ1v) is 6.98. The van der Waals surface area contributed by atoms with Gasteiger partial charge in [-0.2, -0.15) is 0 Å². The summed E-state index contributed by atoms with van der Waals surface area (Å²) < 4.78 is 0. The molecule has 1 aromatic heterocycles. The van der Waals surface area contributed by atoms with Crippen LogP contribution in [-0.2, 0) is 6.54 Å². The fourth-order valence-electron chi connectivity index (χ4n) is 2.25. The highest BCUT2D eigenvalue weighted by atomic mass is 35.5. The quantitative estimate of drug-likeness (QED) is 0.898. The number of hydrogen-bond donors (Lipinski definition) is 2. The lowest BCUT2D eigenvalue weighted by Gasteiger charge is -2.33. The van der Waals surface area contributed by atoms with Gasteiger partial charge in [-0.15, -0.1) is 23.7 Å². The highest BCUT2D eigenvalue weighted by molar-refractivity contribution is 7.09. The number of nitrogens with one attached hydrogen (secondary N) is 1. The molecule has 1 aromatic rings. The predicted octanol–water partition coefficient (Wildman–Crippen LogP) is 2.97. The molecule has 0 spiro atoms. The Morgan fingerprint density at radius 3 is 2.37 bits per heavy atom. The Morgan fingerprint density at radius 2 is 1.95 bits per heavy atom. The van der Waals surface area contributed by atoms with Crippen LogP contribution in [0.25, 0.3) is 0 Å². The van der Waals surface area contributed by atoms with E-state index in [1.54, 1.807) is 5.38 Å². The normalized spacial score (nSPS) is 11.9. The van der Waals surface area contributed by atoms with Crippen LogP contribution in [0.5, 0.6) is 0 Å². The largest absolute Gasteiger partial charge is 0.346 e. The second kappa shape index (κ2) is 6.68. The number of carbonyl (C=O) groups is 1. The third-order valence-electron chi connectivity index (χ3n) is 2.38. The zero-order valence-electron chi connectivity index (χ0n) is 12.2. The second-order valence-electron chi connectivity index (χ2n) is 6.41. The average Bonchev–Trinajstić information content (AvgIpc) is 2.60. The molecular formula is C13H24ClN3OS. The number of nitrogens with two attached hydrogens (primary N) is 1. The SMILES string of the molecule is CC(C)(C)CC(C)(C)NC(=O)c1csc(CN)n1.Cl. The average molecular weight is 306 g/mol. The van der Waals surface area contributed by atoms with Gasteiger partial charge in [0.25, 0.3) is 5.91 Å². The molecule has 3 N–H and O–H groups in total. The molecule has 1 amide bonds. The Labute approximate surface area is 125 Å². The number of nitrogens with zero attached hydrogens (tertiary/aromatic N) is 1. The van der Waals surface area contributed by atoms with E-state index < -0.39 is 0 Å². The highest BCUT2D eigenvalue weighted by Gasteiger charge is 2.27. The summed E-state index contributed by atoms with van der Waals surface area (Å²) in [4.78, 5) is 16.3. The molecule has 1 rings (SSSR count). The van der Waals surface area contributed by atoms with Crippen molar-refractivity contribution in [1.29, 1.82) is 0 Å². The summed E-state index contributed by atoms with van der Waals surface area (Å²) in [5, 5.41) is 5.57. The van der Waals surface area contributed by atoms with Crippen LogP contribution in [0.3, 0.4) is 0 Å². The van der Waals surface area contributed by atoms with Gasteiger partial charge in [-0.3, -0.25) is 4.79 Å². The van der Waals surface area contributed by atoms with Crippen LogP contribution in [0.2, 0.25) is 0 Å². The number of aromatic nitrogens is 1. The Morgan fingerprint density at radius 1 is 1.37 bits per heavy atom. The van der Waals surface area contributed by atoms with Gasteiger partial charge in [-0.1, -0.05) is 20.8 Å². The smallest absolute Gasteiger partial charge is 0.271 e. The minimum atomic E-state index is -0.248. The molecule has 4 nitrogen and oxygen atoms in total. The lowest BCUT2D eigenvalue weighted by molar-refractivity contribution is 0.0887. The van der Waals surface area contributed by atoms with Crippen LogP contribution in [-0.4, -0.2) is 16.4 Å². The van der Waals surface area contributed by atoms with Crippen molar-refractivity contribution in [2.24, 2.45) is 11.1 Å². The summed E-state index contributed by atoms with van der Waals surface area (Å²) in [6.45, 7) is 10.9. The van der Waals surface area contributed by atoms with Crippen molar-refractivity contribution in [1.82, 2.24) is 10.3 Å². The molecule has 6 heteroatoms. The maximum Gasteiger partial charge on any atom is 0.271 e. The molecule has 0 saturated heterocycles. The van der Waals surface area contributed by atoms with E-state index >= 15 is 0 Å². The number of thiazole rings is 1. The first kappa shape index (κ1) is 18.4. The van der Waals surface area contributed by atoms with E-state index in [1.165, 1.54) is 11.3 Å². The molecule has 0 fully saturated rings. The van der Waals surface area contributed by atoms with Gasteiger partial charge in [0, 0.05) is 17.5 Å². The van der Waals surface area contributed by atoms with Crippen LogP contribution in [0.15, 0.2) is 5.38 Å². The predicted molar refractivity (Wildman–Crippen MR) is 82.9 cm³/mol. The number of rotatable bonds is 4. The van der Waals surface area contributed by atoms with Crippen molar-refractivity contribution in [3.05, 3.63) is 16.1 Å². The van der Waals surface area contributed by atoms with Gasteiger partial charge < -0.3 is 11.1 Å². The maximum absolute atomic E-state index is 12.1. The summed E-state index contributed by atoms with van der Waals surface area (Å²) >= 11 is 1.42. The number of carbonyl (C=O) groups excluding carboxylic acids is 1. The van der Waals surface area contributed by atoms with Gasteiger partial charge in [0.05, 0.1) is 0 Å². The standard InChI is InChI=1S/C13H23N3OS.ClH/c1-12(2,3)8-13(4,5)16-11(17)9-7-18-10(6-14)15-9;/h7H,6,8,14H2,1-5H3,(H,16,17);1H. The highest BCUT2D eigenvalue weighted by Crippen LogP contribution is 2.27. The zero-order valence-corrected chi connectivity index (χ0v) is 13.9. The van der Waals surface area contributed by atoms with E-state index in [9.17, 15) is 4.79 Å². The van der Waals surface area contributed by atoms with E-state index in [2.05, 4.69) is 31.1 Å². The third-order valence-corrected chi connectivity index (χ3v) is 3.25. The summed E-state index contributed by atoms with van der Waals surface area (Å²) in [6.07, 6.45) is 0.902. The molecule has 0 aliphatic carbocycles. The topological polar surface area (TPSA) is 68.0 Å². The lowest BCUT2D eigenvalue weighted by atomic mass is 9.82. The van der Waals surface area contributed by atoms with Crippen LogP contribution in [0, 0.1) is 5.41 Å². The molecule has 0 atom stereocenters. The Kier molecular flexibility index (Phi) is 6.45. The number of halogens is 1. The minimum absolute atomic E-state index is 0. The molecule has 0 bridgehead atoms. The molecule has 0 radical (unpaired) electrons. The van der Waals surface area contributed by atoms with Crippen molar-refractivity contribution >= 4 is 29.7 Å². The molecule has 19 heavy (non-hydrogen) atoms. The van der Waals surface area contributed by atoms with Gasteiger partial charge in [0.2, 0.25) is 0 Å². The third kappa shape index (κ3) is 6.36. The molecule has 0 aliphatic heterocycles. The van der Waals surface area contributed by atoms with E-state index in [4.69, 9.17) is 5.73 Å². The summed E-state index contributed by atoms with van der Waals surface area (Å²) in [5.74, 6) is -0.125. The van der Waals surface area contributed by atoms with Gasteiger partial charge >= 0.3 is 0 Å². The van der Waals surface area contributed by atoms with Crippen molar-refractivity contribution in [3.8, 4) is 0 Å². The Bertz CT molecular complexity index is 424. The van der Waals surface area contributed by atoms with Crippen molar-refractivity contribution in [2.75, 3.05) is 0 Å². The van der Waals surface area contributed by atoms with Gasteiger partial charge in [-0.25, -0.2) is 4.98 Å². The fourth-order valence-corrected chi connectivity index (χ4v) is 2.91. The second-order valence-corrected chi connectivity index (χ2v) is 7.35. The van der Waals surface area contributed by atoms with E-state index in [0.717, 1.165) is 11.4 Å². The van der Waals surface area contributed by atoms with Gasteiger partial charge in [0.15, 0.2) is 0 Å². The lowest BCUT2D eigenvalue weighted by Crippen LogP contribution is -2.45. The fraction of sp³-hybridized carbons (Fsp3) is 0.692. The van der Waals surface area contributed by atoms with Gasteiger partial charge in [-0.05, 0) is 25.7 Å². The molecule has 0 aromatic carbocycles. The first-order valence-electron chi connectivity index (χ1n) is 6.10. The monoisotopic (exact) mass is 305 g/mol. The first-order chi connectivity index (χ1) is 8.13. The van der Waals surface area contributed by atoms with Crippen molar-refractivity contribution in [3.63, 3.8) is 0 Å². The van der Waals surface area contributed by atoms with E-state index in [-0.39, 0.29) is 29.3 Å². The van der Waals surface area contributed by atoms with Crippen molar-refractivity contribution < 1.29 is 4.79 Å². The minimum Gasteiger partial charge on any atom is -0.346 e. The van der Waals surface area contributed by atoms with Crippen molar-refractivity contribution in [2.45, 2.75) is 53.1 Å². The molecule has 0 unspecified atom stereocenters. The summed E-state index contributed by atoms with van der Waals surface area (Å²) in [5.41, 5.74) is 5.87. The summed E-state index contributed by atoms with van der Waals surface area (Å²) in [7, 11) is 0. The molecule has 110 valence electrons. The van der Waals surface area contributed by atoms with E-state index in [0.29, 0.717) is 12.2 Å². The Balaban J connectivity index is 0.00000324. The number of amides is 1. The van der Waals surface area contributed by atoms with Gasteiger partial charge in [0.1, 0.15) is 10.7 Å². The van der Waals surface area contributed by atoms with Crippen LogP contribution >= 0.6 is 23.7 Å². The molecular weight excluding hydrogens is 282 g/mol.